The molecular formula is C17H14Br2N2O2. The molecule has 2 aromatic carbocycles. The Balaban J connectivity index is 1.85. The van der Waals surface area contributed by atoms with Gasteiger partial charge in [0, 0.05) is 15.5 Å². The lowest BCUT2D eigenvalue weighted by Gasteiger charge is -2.19. The van der Waals surface area contributed by atoms with Crippen LogP contribution in [0.1, 0.15) is 12.5 Å². The number of rotatable bonds is 3. The van der Waals surface area contributed by atoms with Gasteiger partial charge in [0.1, 0.15) is 6.04 Å². The highest BCUT2D eigenvalue weighted by molar-refractivity contribution is 9.10. The van der Waals surface area contributed by atoms with E-state index in [2.05, 4.69) is 31.9 Å². The van der Waals surface area contributed by atoms with E-state index in [1.807, 2.05) is 36.4 Å². The van der Waals surface area contributed by atoms with Gasteiger partial charge < -0.3 is 4.90 Å². The molecule has 3 amide bonds. The minimum atomic E-state index is -0.477. The summed E-state index contributed by atoms with van der Waals surface area (Å²) in [5, 5.41) is 0. The molecule has 1 fully saturated rings. The van der Waals surface area contributed by atoms with E-state index < -0.39 is 6.04 Å². The summed E-state index contributed by atoms with van der Waals surface area (Å²) >= 11 is 6.75. The van der Waals surface area contributed by atoms with Crippen LogP contribution in [0.3, 0.4) is 0 Å². The Morgan fingerprint density at radius 3 is 2.00 bits per heavy atom. The zero-order valence-electron chi connectivity index (χ0n) is 12.4. The van der Waals surface area contributed by atoms with Gasteiger partial charge >= 0.3 is 6.03 Å². The SMILES string of the molecule is C[C@H]1C(=O)N(c2ccc(Br)cc2)C(=O)N1Cc1ccc(Br)cc1. The summed E-state index contributed by atoms with van der Waals surface area (Å²) in [6, 6.07) is 14.1. The van der Waals surface area contributed by atoms with E-state index in [9.17, 15) is 9.59 Å². The van der Waals surface area contributed by atoms with Crippen molar-refractivity contribution in [3.8, 4) is 0 Å². The number of benzene rings is 2. The van der Waals surface area contributed by atoms with Crippen LogP contribution in [-0.4, -0.2) is 22.9 Å². The smallest absolute Gasteiger partial charge is 0.308 e. The maximum absolute atomic E-state index is 12.7. The average Bonchev–Trinajstić information content (AvgIpc) is 2.74. The van der Waals surface area contributed by atoms with Crippen LogP contribution in [0.2, 0.25) is 0 Å². The third-order valence-electron chi connectivity index (χ3n) is 3.83. The Labute approximate surface area is 151 Å². The number of imide groups is 1. The molecule has 118 valence electrons. The summed E-state index contributed by atoms with van der Waals surface area (Å²) in [6.07, 6.45) is 0. The lowest BCUT2D eigenvalue weighted by atomic mass is 10.2. The quantitative estimate of drug-likeness (QED) is 0.660. The summed E-state index contributed by atoms with van der Waals surface area (Å²) in [4.78, 5) is 28.0. The van der Waals surface area contributed by atoms with Gasteiger partial charge in [0.25, 0.3) is 5.91 Å². The number of nitrogens with zero attached hydrogens (tertiary/aromatic N) is 2. The Hall–Kier alpha value is -1.66. The van der Waals surface area contributed by atoms with Crippen LogP contribution in [0.4, 0.5) is 10.5 Å². The van der Waals surface area contributed by atoms with Crippen LogP contribution in [-0.2, 0) is 11.3 Å². The standard InChI is InChI=1S/C17H14Br2N2O2/c1-11-16(22)21(15-8-6-14(19)7-9-15)17(23)20(11)10-12-2-4-13(18)5-3-12/h2-9,11H,10H2,1H3/t11-/m0/s1. The molecular weight excluding hydrogens is 424 g/mol. The second-order valence-corrected chi connectivity index (χ2v) is 7.19. The van der Waals surface area contributed by atoms with Crippen molar-refractivity contribution in [1.29, 1.82) is 0 Å². The molecule has 23 heavy (non-hydrogen) atoms. The minimum Gasteiger partial charge on any atom is -0.308 e. The van der Waals surface area contributed by atoms with Crippen LogP contribution < -0.4 is 4.90 Å². The average molecular weight is 438 g/mol. The van der Waals surface area contributed by atoms with E-state index in [1.54, 1.807) is 24.0 Å². The molecule has 0 aliphatic carbocycles. The molecule has 1 heterocycles. The number of urea groups is 1. The van der Waals surface area contributed by atoms with Crippen LogP contribution in [0.25, 0.3) is 0 Å². The van der Waals surface area contributed by atoms with Crippen molar-refractivity contribution >= 4 is 49.5 Å². The molecule has 0 bridgehead atoms. The van der Waals surface area contributed by atoms with E-state index in [-0.39, 0.29) is 11.9 Å². The molecule has 0 unspecified atom stereocenters. The van der Waals surface area contributed by atoms with Gasteiger partial charge in [-0.2, -0.15) is 0 Å². The molecule has 6 heteroatoms. The fourth-order valence-electron chi connectivity index (χ4n) is 2.53. The van der Waals surface area contributed by atoms with Gasteiger partial charge in [0.15, 0.2) is 0 Å². The molecule has 0 spiro atoms. The number of hydrogen-bond acceptors (Lipinski definition) is 2. The first-order valence-corrected chi connectivity index (χ1v) is 8.70. The second kappa shape index (κ2) is 6.45. The van der Waals surface area contributed by atoms with Crippen LogP contribution in [0.5, 0.6) is 0 Å². The van der Waals surface area contributed by atoms with E-state index in [4.69, 9.17) is 0 Å². The fraction of sp³-hybridized carbons (Fsp3) is 0.176. The zero-order valence-corrected chi connectivity index (χ0v) is 15.5. The summed E-state index contributed by atoms with van der Waals surface area (Å²) in [5.41, 5.74) is 1.58. The van der Waals surface area contributed by atoms with Crippen LogP contribution in [0, 0.1) is 0 Å². The molecule has 3 rings (SSSR count). The molecule has 1 aliphatic rings. The first-order chi connectivity index (χ1) is 11.0. The first-order valence-electron chi connectivity index (χ1n) is 7.12. The van der Waals surface area contributed by atoms with E-state index in [1.165, 1.54) is 4.90 Å². The summed E-state index contributed by atoms with van der Waals surface area (Å²) < 4.78 is 1.88. The highest BCUT2D eigenvalue weighted by Crippen LogP contribution is 2.27. The van der Waals surface area contributed by atoms with E-state index in [0.29, 0.717) is 12.2 Å². The molecule has 0 N–H and O–H groups in total. The maximum atomic E-state index is 12.7. The maximum Gasteiger partial charge on any atom is 0.332 e. The van der Waals surface area contributed by atoms with E-state index >= 15 is 0 Å². The summed E-state index contributed by atoms with van der Waals surface area (Å²) in [7, 11) is 0. The largest absolute Gasteiger partial charge is 0.332 e. The van der Waals surface area contributed by atoms with Crippen LogP contribution in [0.15, 0.2) is 57.5 Å². The van der Waals surface area contributed by atoms with Crippen molar-refractivity contribution in [2.24, 2.45) is 0 Å². The number of amides is 3. The van der Waals surface area contributed by atoms with Gasteiger partial charge in [-0.15, -0.1) is 0 Å². The number of carbonyl (C=O) groups is 2. The van der Waals surface area contributed by atoms with Gasteiger partial charge in [-0.1, -0.05) is 44.0 Å². The highest BCUT2D eigenvalue weighted by Gasteiger charge is 2.43. The predicted octanol–water partition coefficient (Wildman–Crippen LogP) is 4.57. The minimum absolute atomic E-state index is 0.200. The van der Waals surface area contributed by atoms with Gasteiger partial charge in [-0.05, 0) is 48.9 Å². The Bertz CT molecular complexity index is 744. The fourth-order valence-corrected chi connectivity index (χ4v) is 3.06. The predicted molar refractivity (Wildman–Crippen MR) is 96.2 cm³/mol. The van der Waals surface area contributed by atoms with Crippen molar-refractivity contribution in [2.75, 3.05) is 4.90 Å². The molecule has 2 aromatic rings. The van der Waals surface area contributed by atoms with Gasteiger partial charge in [0.05, 0.1) is 5.69 Å². The summed E-state index contributed by atoms with van der Waals surface area (Å²) in [6.45, 7) is 2.17. The van der Waals surface area contributed by atoms with Crippen molar-refractivity contribution in [3.05, 3.63) is 63.0 Å². The highest BCUT2D eigenvalue weighted by atomic mass is 79.9. The summed E-state index contributed by atoms with van der Waals surface area (Å²) in [5.74, 6) is -0.200. The normalized spacial score (nSPS) is 18.0. The van der Waals surface area contributed by atoms with Crippen molar-refractivity contribution < 1.29 is 9.59 Å². The topological polar surface area (TPSA) is 40.6 Å². The molecule has 1 aliphatic heterocycles. The lowest BCUT2D eigenvalue weighted by Crippen LogP contribution is -2.33. The molecule has 1 saturated heterocycles. The molecule has 0 aromatic heterocycles. The van der Waals surface area contributed by atoms with Gasteiger partial charge in [-0.3, -0.25) is 4.79 Å². The number of carbonyl (C=O) groups excluding carboxylic acids is 2. The number of hydrogen-bond donors (Lipinski definition) is 0. The Morgan fingerprint density at radius 2 is 1.43 bits per heavy atom. The Morgan fingerprint density at radius 1 is 0.913 bits per heavy atom. The third-order valence-corrected chi connectivity index (χ3v) is 4.89. The number of halogens is 2. The van der Waals surface area contributed by atoms with Crippen molar-refractivity contribution in [1.82, 2.24) is 4.90 Å². The van der Waals surface area contributed by atoms with Gasteiger partial charge in [-0.25, -0.2) is 9.69 Å². The lowest BCUT2D eigenvalue weighted by molar-refractivity contribution is -0.119. The first kappa shape index (κ1) is 16.2. The molecule has 4 nitrogen and oxygen atoms in total. The van der Waals surface area contributed by atoms with Crippen LogP contribution >= 0.6 is 31.9 Å². The second-order valence-electron chi connectivity index (χ2n) is 5.36. The monoisotopic (exact) mass is 436 g/mol. The van der Waals surface area contributed by atoms with Crippen molar-refractivity contribution in [3.63, 3.8) is 0 Å². The van der Waals surface area contributed by atoms with Crippen molar-refractivity contribution in [2.45, 2.75) is 19.5 Å². The molecule has 0 radical (unpaired) electrons. The van der Waals surface area contributed by atoms with E-state index in [0.717, 1.165) is 14.5 Å². The molecule has 1 atom stereocenters. The Kier molecular flexibility index (Phi) is 4.55. The molecule has 0 saturated carbocycles. The zero-order chi connectivity index (χ0) is 16.6. The third kappa shape index (κ3) is 3.19. The van der Waals surface area contributed by atoms with Gasteiger partial charge in [0.2, 0.25) is 0 Å². The number of anilines is 1.